The number of aromatic nitrogens is 1. The van der Waals surface area contributed by atoms with E-state index in [1.165, 1.54) is 0 Å². The third-order valence-corrected chi connectivity index (χ3v) is 2.36. The molecule has 0 saturated carbocycles. The van der Waals surface area contributed by atoms with Gasteiger partial charge in [-0.3, -0.25) is 4.79 Å². The van der Waals surface area contributed by atoms with Gasteiger partial charge in [-0.2, -0.15) is 5.26 Å². The molecule has 2 rings (SSSR count). The molecule has 1 fully saturated rings. The number of amides is 1. The van der Waals surface area contributed by atoms with Crippen molar-refractivity contribution in [3.05, 3.63) is 29.6 Å². The molecule has 0 aliphatic carbocycles. The molecule has 1 aliphatic heterocycles. The Balaban J connectivity index is 2.11. The average molecular weight is 187 g/mol. The van der Waals surface area contributed by atoms with Crippen LogP contribution in [0.1, 0.15) is 17.3 Å². The molecule has 70 valence electrons. The predicted molar refractivity (Wildman–Crippen MR) is 49.3 cm³/mol. The van der Waals surface area contributed by atoms with E-state index < -0.39 is 0 Å². The number of hydrogen-bond acceptors (Lipinski definition) is 3. The molecular formula is C10H9N3O. The van der Waals surface area contributed by atoms with E-state index in [4.69, 9.17) is 5.26 Å². The zero-order chi connectivity index (χ0) is 9.97. The standard InChI is InChI=1S/C10H9N3O/c11-4-9-2-1-3-10(12-9)8-5-13(6-8)7-14/h1-3,7-8H,5-6H2. The first-order chi connectivity index (χ1) is 6.83. The van der Waals surface area contributed by atoms with E-state index in [1.807, 2.05) is 18.2 Å². The molecule has 1 saturated heterocycles. The highest BCUT2D eigenvalue weighted by Gasteiger charge is 2.27. The van der Waals surface area contributed by atoms with Crippen molar-refractivity contribution in [3.8, 4) is 6.07 Å². The van der Waals surface area contributed by atoms with E-state index >= 15 is 0 Å². The van der Waals surface area contributed by atoms with Gasteiger partial charge in [0.15, 0.2) is 0 Å². The molecule has 4 heteroatoms. The number of hydrogen-bond donors (Lipinski definition) is 0. The van der Waals surface area contributed by atoms with Crippen LogP contribution in [-0.2, 0) is 4.79 Å². The quantitative estimate of drug-likeness (QED) is 0.634. The summed E-state index contributed by atoms with van der Waals surface area (Å²) in [6, 6.07) is 7.40. The van der Waals surface area contributed by atoms with E-state index in [0.29, 0.717) is 24.7 Å². The van der Waals surface area contributed by atoms with Crippen LogP contribution in [0.15, 0.2) is 18.2 Å². The van der Waals surface area contributed by atoms with Crippen molar-refractivity contribution in [2.24, 2.45) is 0 Å². The van der Waals surface area contributed by atoms with Crippen molar-refractivity contribution in [1.82, 2.24) is 9.88 Å². The van der Waals surface area contributed by atoms with Crippen LogP contribution in [0.5, 0.6) is 0 Å². The first kappa shape index (κ1) is 8.70. The van der Waals surface area contributed by atoms with Crippen LogP contribution in [0.3, 0.4) is 0 Å². The third-order valence-electron chi connectivity index (χ3n) is 2.36. The van der Waals surface area contributed by atoms with Crippen molar-refractivity contribution in [2.45, 2.75) is 5.92 Å². The van der Waals surface area contributed by atoms with Gasteiger partial charge in [-0.15, -0.1) is 0 Å². The number of nitriles is 1. The van der Waals surface area contributed by atoms with Gasteiger partial charge in [0.1, 0.15) is 11.8 Å². The molecule has 14 heavy (non-hydrogen) atoms. The molecule has 1 aliphatic rings. The lowest BCUT2D eigenvalue weighted by Gasteiger charge is -2.35. The summed E-state index contributed by atoms with van der Waals surface area (Å²) in [6.07, 6.45) is 0.838. The molecule has 1 aromatic heterocycles. The number of nitrogens with zero attached hydrogens (tertiary/aromatic N) is 3. The van der Waals surface area contributed by atoms with Gasteiger partial charge in [-0.25, -0.2) is 4.98 Å². The summed E-state index contributed by atoms with van der Waals surface area (Å²) < 4.78 is 0. The van der Waals surface area contributed by atoms with Crippen molar-refractivity contribution < 1.29 is 4.79 Å². The summed E-state index contributed by atoms with van der Waals surface area (Å²) in [6.45, 7) is 1.43. The van der Waals surface area contributed by atoms with E-state index in [2.05, 4.69) is 4.98 Å². The Hall–Kier alpha value is -1.89. The van der Waals surface area contributed by atoms with E-state index in [0.717, 1.165) is 12.1 Å². The molecule has 0 atom stereocenters. The highest BCUT2D eigenvalue weighted by atomic mass is 16.1. The maximum Gasteiger partial charge on any atom is 0.209 e. The van der Waals surface area contributed by atoms with Gasteiger partial charge in [0.2, 0.25) is 6.41 Å². The van der Waals surface area contributed by atoms with Gasteiger partial charge >= 0.3 is 0 Å². The maximum atomic E-state index is 10.3. The average Bonchev–Trinajstić information content (AvgIpc) is 2.17. The monoisotopic (exact) mass is 187 g/mol. The van der Waals surface area contributed by atoms with Crippen LogP contribution < -0.4 is 0 Å². The lowest BCUT2D eigenvalue weighted by Crippen LogP contribution is -2.44. The van der Waals surface area contributed by atoms with Crippen molar-refractivity contribution in [2.75, 3.05) is 13.1 Å². The number of likely N-dealkylation sites (tertiary alicyclic amines) is 1. The van der Waals surface area contributed by atoms with Crippen LogP contribution >= 0.6 is 0 Å². The van der Waals surface area contributed by atoms with Crippen LogP contribution in [0.25, 0.3) is 0 Å². The molecule has 1 aromatic rings. The second kappa shape index (κ2) is 3.46. The molecule has 1 amide bonds. The van der Waals surface area contributed by atoms with Gasteiger partial charge in [0, 0.05) is 24.7 Å². The van der Waals surface area contributed by atoms with Crippen LogP contribution in [0.2, 0.25) is 0 Å². The Kier molecular flexibility index (Phi) is 2.15. The predicted octanol–water partition coefficient (Wildman–Crippen LogP) is 0.509. The largest absolute Gasteiger partial charge is 0.344 e. The summed E-state index contributed by atoms with van der Waals surface area (Å²) >= 11 is 0. The molecule has 0 aromatic carbocycles. The number of carbonyl (C=O) groups excluding carboxylic acids is 1. The molecule has 0 unspecified atom stereocenters. The summed E-state index contributed by atoms with van der Waals surface area (Å²) in [5.74, 6) is 0.300. The SMILES string of the molecule is N#Cc1cccc(C2CN(C=O)C2)n1. The minimum absolute atomic E-state index is 0.300. The molecule has 0 bridgehead atoms. The smallest absolute Gasteiger partial charge is 0.209 e. The fraction of sp³-hybridized carbons (Fsp3) is 0.300. The number of pyridine rings is 1. The van der Waals surface area contributed by atoms with Crippen LogP contribution in [-0.4, -0.2) is 29.4 Å². The number of carbonyl (C=O) groups is 1. The lowest BCUT2D eigenvalue weighted by atomic mass is 9.96. The first-order valence-corrected chi connectivity index (χ1v) is 4.40. The van der Waals surface area contributed by atoms with Crippen molar-refractivity contribution in [3.63, 3.8) is 0 Å². The van der Waals surface area contributed by atoms with Gasteiger partial charge in [0.25, 0.3) is 0 Å². The molecule has 0 N–H and O–H groups in total. The second-order valence-electron chi connectivity index (χ2n) is 3.32. The second-order valence-corrected chi connectivity index (χ2v) is 3.32. The molecule has 0 radical (unpaired) electrons. The highest BCUT2D eigenvalue weighted by molar-refractivity contribution is 5.49. The Morgan fingerprint density at radius 2 is 2.36 bits per heavy atom. The first-order valence-electron chi connectivity index (χ1n) is 4.40. The molecule has 4 nitrogen and oxygen atoms in total. The summed E-state index contributed by atoms with van der Waals surface area (Å²) in [5.41, 5.74) is 1.34. The van der Waals surface area contributed by atoms with Crippen LogP contribution in [0, 0.1) is 11.3 Å². The molecular weight excluding hydrogens is 178 g/mol. The van der Waals surface area contributed by atoms with E-state index in [9.17, 15) is 4.79 Å². The third kappa shape index (κ3) is 1.44. The molecule has 2 heterocycles. The van der Waals surface area contributed by atoms with Gasteiger partial charge in [-0.05, 0) is 12.1 Å². The van der Waals surface area contributed by atoms with Gasteiger partial charge in [-0.1, -0.05) is 6.07 Å². The normalized spacial score (nSPS) is 15.8. The summed E-state index contributed by atoms with van der Waals surface area (Å²) in [5, 5.41) is 8.65. The Labute approximate surface area is 81.8 Å². The zero-order valence-corrected chi connectivity index (χ0v) is 7.55. The minimum atomic E-state index is 0.300. The minimum Gasteiger partial charge on any atom is -0.344 e. The Morgan fingerprint density at radius 1 is 1.57 bits per heavy atom. The topological polar surface area (TPSA) is 57.0 Å². The maximum absolute atomic E-state index is 10.3. The van der Waals surface area contributed by atoms with E-state index in [1.54, 1.807) is 11.0 Å². The van der Waals surface area contributed by atoms with Gasteiger partial charge < -0.3 is 4.90 Å². The summed E-state index contributed by atoms with van der Waals surface area (Å²) in [7, 11) is 0. The van der Waals surface area contributed by atoms with E-state index in [-0.39, 0.29) is 0 Å². The fourth-order valence-corrected chi connectivity index (χ4v) is 1.53. The fourth-order valence-electron chi connectivity index (χ4n) is 1.53. The summed E-state index contributed by atoms with van der Waals surface area (Å²) in [4.78, 5) is 16.2. The Bertz CT molecular complexity index is 391. The lowest BCUT2D eigenvalue weighted by molar-refractivity contribution is -0.122. The molecule has 0 spiro atoms. The van der Waals surface area contributed by atoms with Crippen molar-refractivity contribution >= 4 is 6.41 Å². The van der Waals surface area contributed by atoms with Crippen LogP contribution in [0.4, 0.5) is 0 Å². The zero-order valence-electron chi connectivity index (χ0n) is 7.55. The van der Waals surface area contributed by atoms with Crippen molar-refractivity contribution in [1.29, 1.82) is 5.26 Å². The van der Waals surface area contributed by atoms with Gasteiger partial charge in [0.05, 0.1) is 0 Å². The number of rotatable bonds is 2. The Morgan fingerprint density at radius 3 is 3.00 bits per heavy atom. The highest BCUT2D eigenvalue weighted by Crippen LogP contribution is 2.23.